The number of carbonyl (C=O) groups is 4. The molecule has 0 bridgehead atoms. The van der Waals surface area contributed by atoms with Crippen LogP contribution < -0.4 is 16.0 Å². The second-order valence-electron chi connectivity index (χ2n) is 4.63. The molecule has 1 aromatic carbocycles. The summed E-state index contributed by atoms with van der Waals surface area (Å²) in [6.45, 7) is -0.590. The van der Waals surface area contributed by atoms with E-state index in [9.17, 15) is 19.2 Å². The highest BCUT2D eigenvalue weighted by Gasteiger charge is 2.28. The summed E-state index contributed by atoms with van der Waals surface area (Å²) >= 11 is 0. The second-order valence-corrected chi connectivity index (χ2v) is 4.63. The number of esters is 1. The van der Waals surface area contributed by atoms with E-state index in [2.05, 4.69) is 10.6 Å². The highest BCUT2D eigenvalue weighted by atomic mass is 16.5. The lowest BCUT2D eigenvalue weighted by Crippen LogP contribution is -2.40. The van der Waals surface area contributed by atoms with Crippen molar-refractivity contribution in [2.75, 3.05) is 11.9 Å². The van der Waals surface area contributed by atoms with Crippen LogP contribution in [-0.2, 0) is 19.1 Å². The van der Waals surface area contributed by atoms with E-state index >= 15 is 0 Å². The Balaban J connectivity index is 1.70. The Kier molecular flexibility index (Phi) is 5.07. The molecule has 8 heteroatoms. The van der Waals surface area contributed by atoms with Crippen molar-refractivity contribution in [1.82, 2.24) is 10.6 Å². The minimum absolute atomic E-state index is 0.228. The van der Waals surface area contributed by atoms with E-state index in [0.717, 1.165) is 0 Å². The van der Waals surface area contributed by atoms with Gasteiger partial charge in [-0.05, 0) is 18.6 Å². The fraction of sp³-hybridized carbons (Fsp3) is 0.286. The van der Waals surface area contributed by atoms with Crippen molar-refractivity contribution < 1.29 is 23.9 Å². The molecule has 1 saturated heterocycles. The Morgan fingerprint density at radius 2 is 1.95 bits per heavy atom. The van der Waals surface area contributed by atoms with Gasteiger partial charge in [0, 0.05) is 12.1 Å². The molecule has 1 aliphatic heterocycles. The Morgan fingerprint density at radius 3 is 2.59 bits per heavy atom. The zero-order valence-corrected chi connectivity index (χ0v) is 11.6. The summed E-state index contributed by atoms with van der Waals surface area (Å²) in [5, 5.41) is 6.91. The molecule has 116 valence electrons. The summed E-state index contributed by atoms with van der Waals surface area (Å²) in [4.78, 5) is 45.5. The number of rotatable bonds is 4. The van der Waals surface area contributed by atoms with Gasteiger partial charge in [0.1, 0.15) is 6.04 Å². The molecule has 1 aliphatic rings. The molecule has 8 nitrogen and oxygen atoms in total. The lowest BCUT2D eigenvalue weighted by Gasteiger charge is -2.10. The first kappa shape index (κ1) is 15.5. The van der Waals surface area contributed by atoms with Gasteiger partial charge in [0.2, 0.25) is 5.91 Å². The van der Waals surface area contributed by atoms with Crippen LogP contribution in [0.1, 0.15) is 12.8 Å². The number of hydrogen-bond acceptors (Lipinski definition) is 5. The van der Waals surface area contributed by atoms with Crippen molar-refractivity contribution in [3.8, 4) is 0 Å². The maximum absolute atomic E-state index is 11.6. The molecule has 0 spiro atoms. The lowest BCUT2D eigenvalue weighted by molar-refractivity contribution is -0.150. The Hall–Kier alpha value is -2.90. The molecular formula is C14H15N3O5. The summed E-state index contributed by atoms with van der Waals surface area (Å²) in [5.41, 5.74) is 0.526. The Morgan fingerprint density at radius 1 is 1.23 bits per heavy atom. The van der Waals surface area contributed by atoms with Crippen LogP contribution in [0.3, 0.4) is 0 Å². The number of benzene rings is 1. The molecule has 22 heavy (non-hydrogen) atoms. The zero-order chi connectivity index (χ0) is 15.9. The zero-order valence-electron chi connectivity index (χ0n) is 11.6. The first-order chi connectivity index (χ1) is 10.5. The van der Waals surface area contributed by atoms with E-state index in [-0.39, 0.29) is 12.3 Å². The molecule has 1 atom stereocenters. The van der Waals surface area contributed by atoms with Gasteiger partial charge in [-0.15, -0.1) is 0 Å². The van der Waals surface area contributed by atoms with Gasteiger partial charge in [0.05, 0.1) is 0 Å². The van der Waals surface area contributed by atoms with Gasteiger partial charge in [0.25, 0.3) is 5.91 Å². The van der Waals surface area contributed by atoms with Gasteiger partial charge in [-0.1, -0.05) is 18.2 Å². The van der Waals surface area contributed by atoms with Crippen LogP contribution in [0.15, 0.2) is 30.3 Å². The molecular weight excluding hydrogens is 290 g/mol. The Bertz CT molecular complexity index is 587. The van der Waals surface area contributed by atoms with Crippen LogP contribution in [0, 0.1) is 0 Å². The van der Waals surface area contributed by atoms with Crippen molar-refractivity contribution in [1.29, 1.82) is 0 Å². The van der Waals surface area contributed by atoms with Gasteiger partial charge in [0.15, 0.2) is 6.61 Å². The van der Waals surface area contributed by atoms with Gasteiger partial charge in [-0.3, -0.25) is 14.9 Å². The quantitative estimate of drug-likeness (QED) is 0.686. The van der Waals surface area contributed by atoms with Crippen molar-refractivity contribution in [2.45, 2.75) is 18.9 Å². The fourth-order valence-corrected chi connectivity index (χ4v) is 1.87. The lowest BCUT2D eigenvalue weighted by atomic mass is 10.2. The van der Waals surface area contributed by atoms with Gasteiger partial charge < -0.3 is 15.4 Å². The normalized spacial score (nSPS) is 16.5. The summed E-state index contributed by atoms with van der Waals surface area (Å²) in [5.74, 6) is -1.68. The molecule has 1 fully saturated rings. The summed E-state index contributed by atoms with van der Waals surface area (Å²) in [6.07, 6.45) is 0.596. The third-order valence-corrected chi connectivity index (χ3v) is 2.91. The number of anilines is 1. The monoisotopic (exact) mass is 305 g/mol. The number of amides is 4. The van der Waals surface area contributed by atoms with Crippen molar-refractivity contribution >= 4 is 29.5 Å². The standard InChI is InChI=1S/C14H15N3O5/c18-11-7-6-10(16-11)13(20)22-8-12(19)17-14(21)15-9-4-2-1-3-5-9/h1-5,10H,6-8H2,(H,16,18)(H2,15,17,19,21)/t10-/m1/s1. The minimum atomic E-state index is -0.758. The average Bonchev–Trinajstić information content (AvgIpc) is 2.92. The van der Waals surface area contributed by atoms with Crippen molar-refractivity contribution in [2.24, 2.45) is 0 Å². The number of nitrogens with one attached hydrogen (secondary N) is 3. The maximum atomic E-state index is 11.6. The molecule has 0 radical (unpaired) electrons. The highest BCUT2D eigenvalue weighted by molar-refractivity contribution is 6.02. The van der Waals surface area contributed by atoms with E-state index < -0.39 is 30.6 Å². The number of ether oxygens (including phenoxy) is 1. The van der Waals surface area contributed by atoms with E-state index in [4.69, 9.17) is 4.74 Å². The predicted octanol–water partition coefficient (Wildman–Crippen LogP) is 0.156. The van der Waals surface area contributed by atoms with Crippen molar-refractivity contribution in [3.63, 3.8) is 0 Å². The smallest absolute Gasteiger partial charge is 0.329 e. The molecule has 0 aromatic heterocycles. The molecule has 3 N–H and O–H groups in total. The van der Waals surface area contributed by atoms with Gasteiger partial charge in [-0.2, -0.15) is 0 Å². The van der Waals surface area contributed by atoms with Crippen LogP contribution in [0.2, 0.25) is 0 Å². The second kappa shape index (κ2) is 7.21. The van der Waals surface area contributed by atoms with Crippen LogP contribution in [0.25, 0.3) is 0 Å². The Labute approximate surface area is 126 Å². The predicted molar refractivity (Wildman–Crippen MR) is 75.7 cm³/mol. The van der Waals surface area contributed by atoms with E-state index in [1.807, 2.05) is 5.32 Å². The van der Waals surface area contributed by atoms with Crippen LogP contribution in [0.4, 0.5) is 10.5 Å². The first-order valence-electron chi connectivity index (χ1n) is 6.66. The SMILES string of the molecule is O=C(COC(=O)[C@H]1CCC(=O)N1)NC(=O)Nc1ccccc1. The minimum Gasteiger partial charge on any atom is -0.454 e. The molecule has 0 unspecified atom stereocenters. The molecule has 4 amide bonds. The highest BCUT2D eigenvalue weighted by Crippen LogP contribution is 2.08. The van der Waals surface area contributed by atoms with Crippen LogP contribution >= 0.6 is 0 Å². The van der Waals surface area contributed by atoms with E-state index in [1.54, 1.807) is 30.3 Å². The summed E-state index contributed by atoms with van der Waals surface area (Å²) in [6, 6.07) is 7.12. The van der Waals surface area contributed by atoms with Crippen molar-refractivity contribution in [3.05, 3.63) is 30.3 Å². The summed E-state index contributed by atoms with van der Waals surface area (Å²) < 4.78 is 4.74. The fourth-order valence-electron chi connectivity index (χ4n) is 1.87. The molecule has 1 heterocycles. The van der Waals surface area contributed by atoms with Crippen LogP contribution in [-0.4, -0.2) is 36.5 Å². The number of imide groups is 1. The number of urea groups is 1. The topological polar surface area (TPSA) is 114 Å². The number of para-hydroxylation sites is 1. The molecule has 0 aliphatic carbocycles. The number of hydrogen-bond donors (Lipinski definition) is 3. The van der Waals surface area contributed by atoms with Gasteiger partial charge in [-0.25, -0.2) is 9.59 Å². The third-order valence-electron chi connectivity index (χ3n) is 2.91. The van der Waals surface area contributed by atoms with E-state index in [0.29, 0.717) is 12.1 Å². The number of carbonyl (C=O) groups excluding carboxylic acids is 4. The maximum Gasteiger partial charge on any atom is 0.329 e. The van der Waals surface area contributed by atoms with E-state index in [1.165, 1.54) is 0 Å². The molecule has 2 rings (SSSR count). The third kappa shape index (κ3) is 4.58. The van der Waals surface area contributed by atoms with Crippen LogP contribution in [0.5, 0.6) is 0 Å². The molecule has 0 saturated carbocycles. The van der Waals surface area contributed by atoms with Gasteiger partial charge >= 0.3 is 12.0 Å². The molecule has 1 aromatic rings. The average molecular weight is 305 g/mol. The first-order valence-corrected chi connectivity index (χ1v) is 6.66. The summed E-state index contributed by atoms with van der Waals surface area (Å²) in [7, 11) is 0. The largest absolute Gasteiger partial charge is 0.454 e.